The first-order chi connectivity index (χ1) is 17.2. The van der Waals surface area contributed by atoms with Gasteiger partial charge in [0, 0.05) is 11.3 Å². The Labute approximate surface area is 209 Å². The quantitative estimate of drug-likeness (QED) is 0.223. The van der Waals surface area contributed by atoms with Crippen LogP contribution in [-0.4, -0.2) is 36.0 Å². The van der Waals surface area contributed by atoms with E-state index in [1.807, 2.05) is 31.2 Å². The lowest BCUT2D eigenvalue weighted by Crippen LogP contribution is -2.29. The zero-order valence-corrected chi connectivity index (χ0v) is 20.5. The molecule has 7 nitrogen and oxygen atoms in total. The molecule has 4 rings (SSSR count). The van der Waals surface area contributed by atoms with Crippen molar-refractivity contribution >= 4 is 29.1 Å². The van der Waals surface area contributed by atoms with Crippen LogP contribution in [0.3, 0.4) is 0 Å². The molecule has 7 heteroatoms. The molecule has 0 aromatic heterocycles. The third kappa shape index (κ3) is 4.73. The highest BCUT2D eigenvalue weighted by molar-refractivity contribution is 6.51. The summed E-state index contributed by atoms with van der Waals surface area (Å²) in [7, 11) is 1.53. The van der Waals surface area contributed by atoms with E-state index in [-0.39, 0.29) is 17.4 Å². The number of aliphatic hydroxyl groups is 1. The standard InChI is InChI=1S/C29H27NO6/c1-17(2)36-29(34)20-8-12-22(13-9-20)30-25(21-7-5-6-18(3)16-21)24(27(32)28(30)33)26(31)19-10-14-23(35-4)15-11-19/h5-17,25,31H,1-4H3/b26-24+. The van der Waals surface area contributed by atoms with Crippen LogP contribution >= 0.6 is 0 Å². The van der Waals surface area contributed by atoms with Gasteiger partial charge in [0.25, 0.3) is 11.7 Å². The fourth-order valence-corrected chi connectivity index (χ4v) is 4.20. The number of ether oxygens (including phenoxy) is 2. The number of Topliss-reactive ketones (excluding diaryl/α,β-unsaturated/α-hetero) is 1. The predicted octanol–water partition coefficient (Wildman–Crippen LogP) is 5.20. The number of carbonyl (C=O) groups excluding carboxylic acids is 3. The van der Waals surface area contributed by atoms with Crippen molar-refractivity contribution < 1.29 is 29.0 Å². The van der Waals surface area contributed by atoms with Gasteiger partial charge in [-0.3, -0.25) is 14.5 Å². The van der Waals surface area contributed by atoms with Crippen molar-refractivity contribution in [3.63, 3.8) is 0 Å². The zero-order valence-electron chi connectivity index (χ0n) is 20.5. The molecule has 1 atom stereocenters. The molecular weight excluding hydrogens is 458 g/mol. The van der Waals surface area contributed by atoms with Gasteiger partial charge in [0.1, 0.15) is 11.5 Å². The van der Waals surface area contributed by atoms with Crippen LogP contribution in [0.2, 0.25) is 0 Å². The van der Waals surface area contributed by atoms with Crippen LogP contribution in [0.4, 0.5) is 5.69 Å². The highest BCUT2D eigenvalue weighted by Crippen LogP contribution is 2.42. The number of amides is 1. The summed E-state index contributed by atoms with van der Waals surface area (Å²) in [5, 5.41) is 11.2. The Kier molecular flexibility index (Phi) is 6.92. The van der Waals surface area contributed by atoms with Crippen molar-refractivity contribution in [1.82, 2.24) is 0 Å². The van der Waals surface area contributed by atoms with Crippen molar-refractivity contribution in [3.05, 3.63) is 101 Å². The number of benzene rings is 3. The Morgan fingerprint density at radius 1 is 0.944 bits per heavy atom. The highest BCUT2D eigenvalue weighted by atomic mass is 16.5. The molecular formula is C29H27NO6. The van der Waals surface area contributed by atoms with Crippen molar-refractivity contribution in [2.45, 2.75) is 32.9 Å². The minimum atomic E-state index is -0.861. The van der Waals surface area contributed by atoms with Gasteiger partial charge in [0.15, 0.2) is 0 Å². The van der Waals surface area contributed by atoms with Crippen LogP contribution in [0.1, 0.15) is 46.9 Å². The van der Waals surface area contributed by atoms with Gasteiger partial charge in [0.2, 0.25) is 0 Å². The molecule has 3 aromatic rings. The predicted molar refractivity (Wildman–Crippen MR) is 136 cm³/mol. The van der Waals surface area contributed by atoms with Crippen molar-refractivity contribution in [2.24, 2.45) is 0 Å². The maximum Gasteiger partial charge on any atom is 0.338 e. The van der Waals surface area contributed by atoms with Gasteiger partial charge < -0.3 is 14.6 Å². The van der Waals surface area contributed by atoms with E-state index in [2.05, 4.69) is 0 Å². The van der Waals surface area contributed by atoms with Gasteiger partial charge in [-0.25, -0.2) is 4.79 Å². The summed E-state index contributed by atoms with van der Waals surface area (Å²) in [6, 6.07) is 19.5. The Hall–Kier alpha value is -4.39. The van der Waals surface area contributed by atoms with E-state index >= 15 is 0 Å². The molecule has 0 radical (unpaired) electrons. The van der Waals surface area contributed by atoms with E-state index in [1.54, 1.807) is 62.4 Å². The molecule has 1 amide bonds. The van der Waals surface area contributed by atoms with Crippen molar-refractivity contribution in [3.8, 4) is 5.75 Å². The summed E-state index contributed by atoms with van der Waals surface area (Å²) < 4.78 is 10.4. The van der Waals surface area contributed by atoms with Crippen LogP contribution in [0.5, 0.6) is 5.75 Å². The summed E-state index contributed by atoms with van der Waals surface area (Å²) in [5.41, 5.74) is 2.73. The molecule has 1 fully saturated rings. The molecule has 0 spiro atoms. The van der Waals surface area contributed by atoms with Gasteiger partial charge >= 0.3 is 5.97 Å². The third-order valence-corrected chi connectivity index (χ3v) is 5.89. The normalized spacial score (nSPS) is 16.9. The summed E-state index contributed by atoms with van der Waals surface area (Å²) in [6.45, 7) is 5.43. The van der Waals surface area contributed by atoms with E-state index in [1.165, 1.54) is 12.0 Å². The average molecular weight is 486 g/mol. The maximum atomic E-state index is 13.3. The van der Waals surface area contributed by atoms with E-state index in [0.717, 1.165) is 5.56 Å². The molecule has 1 N–H and O–H groups in total. The Morgan fingerprint density at radius 3 is 2.17 bits per heavy atom. The molecule has 1 unspecified atom stereocenters. The molecule has 184 valence electrons. The topological polar surface area (TPSA) is 93.1 Å². The SMILES string of the molecule is COc1ccc(/C(O)=C2\C(=O)C(=O)N(c3ccc(C(=O)OC(C)C)cc3)C2c2cccc(C)c2)cc1. The van der Waals surface area contributed by atoms with Crippen molar-refractivity contribution in [2.75, 3.05) is 12.0 Å². The first-order valence-corrected chi connectivity index (χ1v) is 11.5. The number of nitrogens with zero attached hydrogens (tertiary/aromatic N) is 1. The Bertz CT molecular complexity index is 1340. The van der Waals surface area contributed by atoms with Crippen LogP contribution in [0.15, 0.2) is 78.4 Å². The number of hydrogen-bond acceptors (Lipinski definition) is 6. The molecule has 1 aliphatic heterocycles. The summed E-state index contributed by atoms with van der Waals surface area (Å²) >= 11 is 0. The number of hydrogen-bond donors (Lipinski definition) is 1. The Morgan fingerprint density at radius 2 is 1.58 bits per heavy atom. The number of aryl methyl sites for hydroxylation is 1. The minimum absolute atomic E-state index is 0.0148. The second-order valence-electron chi connectivity index (χ2n) is 8.81. The third-order valence-electron chi connectivity index (χ3n) is 5.89. The molecule has 36 heavy (non-hydrogen) atoms. The minimum Gasteiger partial charge on any atom is -0.507 e. The van der Waals surface area contributed by atoms with Gasteiger partial charge in [-0.2, -0.15) is 0 Å². The van der Waals surface area contributed by atoms with Gasteiger partial charge in [-0.05, 0) is 74.9 Å². The van der Waals surface area contributed by atoms with Crippen LogP contribution < -0.4 is 9.64 Å². The average Bonchev–Trinajstić information content (AvgIpc) is 3.13. The van der Waals surface area contributed by atoms with Gasteiger partial charge in [0.05, 0.1) is 30.4 Å². The maximum absolute atomic E-state index is 13.3. The van der Waals surface area contributed by atoms with E-state index in [4.69, 9.17) is 9.47 Å². The lowest BCUT2D eigenvalue weighted by molar-refractivity contribution is -0.132. The summed E-state index contributed by atoms with van der Waals surface area (Å²) in [6.07, 6.45) is -0.269. The fraction of sp³-hybridized carbons (Fsp3) is 0.207. The molecule has 1 heterocycles. The van der Waals surface area contributed by atoms with E-state index < -0.39 is 23.7 Å². The molecule has 0 aliphatic carbocycles. The first-order valence-electron chi connectivity index (χ1n) is 11.5. The van der Waals surface area contributed by atoms with E-state index in [9.17, 15) is 19.5 Å². The van der Waals surface area contributed by atoms with Crippen LogP contribution in [0.25, 0.3) is 5.76 Å². The number of ketones is 1. The number of carbonyl (C=O) groups is 3. The highest BCUT2D eigenvalue weighted by Gasteiger charge is 2.47. The fourth-order valence-electron chi connectivity index (χ4n) is 4.20. The second-order valence-corrected chi connectivity index (χ2v) is 8.81. The number of methoxy groups -OCH3 is 1. The summed E-state index contributed by atoms with van der Waals surface area (Å²) in [5.74, 6) is -1.72. The Balaban J connectivity index is 1.83. The molecule has 1 saturated heterocycles. The van der Waals surface area contributed by atoms with E-state index in [0.29, 0.717) is 28.1 Å². The van der Waals surface area contributed by atoms with Crippen molar-refractivity contribution in [1.29, 1.82) is 0 Å². The van der Waals surface area contributed by atoms with Crippen LogP contribution in [0, 0.1) is 6.92 Å². The van der Waals surface area contributed by atoms with Gasteiger partial charge in [-0.15, -0.1) is 0 Å². The molecule has 3 aromatic carbocycles. The lowest BCUT2D eigenvalue weighted by atomic mass is 9.94. The second kappa shape index (κ2) is 10.1. The van der Waals surface area contributed by atoms with Crippen LogP contribution in [-0.2, 0) is 14.3 Å². The number of aliphatic hydroxyl groups excluding tert-OH is 1. The molecule has 0 bridgehead atoms. The zero-order chi connectivity index (χ0) is 26.0. The molecule has 0 saturated carbocycles. The number of esters is 1. The number of anilines is 1. The smallest absolute Gasteiger partial charge is 0.338 e. The first kappa shape index (κ1) is 24.7. The largest absolute Gasteiger partial charge is 0.507 e. The lowest BCUT2D eigenvalue weighted by Gasteiger charge is -2.26. The monoisotopic (exact) mass is 485 g/mol. The van der Waals surface area contributed by atoms with Gasteiger partial charge in [-0.1, -0.05) is 29.8 Å². The number of rotatable bonds is 6. The molecule has 1 aliphatic rings. The summed E-state index contributed by atoms with van der Waals surface area (Å²) in [4.78, 5) is 40.2.